The Labute approximate surface area is 166 Å². The lowest BCUT2D eigenvalue weighted by Gasteiger charge is -2.17. The van der Waals surface area contributed by atoms with Crippen molar-refractivity contribution >= 4 is 32.0 Å². The summed E-state index contributed by atoms with van der Waals surface area (Å²) in [6.07, 6.45) is 4.64. The number of anilines is 1. The Bertz CT molecular complexity index is 842. The maximum absolute atomic E-state index is 13.5. The van der Waals surface area contributed by atoms with Crippen LogP contribution in [-0.2, 0) is 20.4 Å². The van der Waals surface area contributed by atoms with Crippen LogP contribution in [0.15, 0.2) is 54.6 Å². The summed E-state index contributed by atoms with van der Waals surface area (Å²) in [5, 5.41) is 2.74. The molecule has 0 spiro atoms. The van der Waals surface area contributed by atoms with Crippen molar-refractivity contribution in [2.75, 3.05) is 5.32 Å². The van der Waals surface area contributed by atoms with Crippen molar-refractivity contribution in [2.24, 2.45) is 0 Å². The number of hydrogen-bond donors (Lipinski definition) is 1. The zero-order valence-corrected chi connectivity index (χ0v) is 17.5. The summed E-state index contributed by atoms with van der Waals surface area (Å²) in [6, 6.07) is 13.7. The largest absolute Gasteiger partial charge is 0.520 e. The van der Waals surface area contributed by atoms with Crippen molar-refractivity contribution in [1.29, 1.82) is 0 Å². The molecule has 4 nitrogen and oxygen atoms in total. The van der Waals surface area contributed by atoms with Crippen LogP contribution in [0.25, 0.3) is 6.08 Å². The third kappa shape index (κ3) is 7.88. The number of carbonyl (C=O) groups is 2. The zero-order chi connectivity index (χ0) is 20.6. The van der Waals surface area contributed by atoms with E-state index in [-0.39, 0.29) is 17.7 Å². The molecule has 1 amide bonds. The van der Waals surface area contributed by atoms with Gasteiger partial charge in [-0.2, -0.15) is 0 Å². The van der Waals surface area contributed by atoms with Gasteiger partial charge in [-0.15, -0.1) is 0 Å². The average molecular weight is 400 g/mol. The molecule has 0 unspecified atom stereocenters. The molecule has 0 heterocycles. The zero-order valence-electron chi connectivity index (χ0n) is 16.5. The normalized spacial score (nSPS) is 11.4. The van der Waals surface area contributed by atoms with Crippen molar-refractivity contribution in [3.8, 4) is 0 Å². The quantitative estimate of drug-likeness (QED) is 0.492. The van der Waals surface area contributed by atoms with E-state index in [1.807, 2.05) is 43.9 Å². The van der Waals surface area contributed by atoms with Crippen molar-refractivity contribution in [3.05, 3.63) is 71.6 Å². The highest BCUT2D eigenvalue weighted by molar-refractivity contribution is 6.71. The lowest BCUT2D eigenvalue weighted by Crippen LogP contribution is -2.29. The molecule has 0 aliphatic carbocycles. The molecule has 1 N–H and O–H groups in total. The molecule has 0 fully saturated rings. The van der Waals surface area contributed by atoms with E-state index in [0.29, 0.717) is 17.7 Å². The van der Waals surface area contributed by atoms with Gasteiger partial charge in [-0.25, -0.2) is 4.39 Å². The standard InChI is InChI=1S/C22H26FNO3Si/c1-28(2,3)27-22(26)10-6-7-17-11-14-19(15-12-17)24-21(25)16-13-18-8-4-5-9-20(18)23/h4-5,8-9,11-16H,6-7,10H2,1-3H3,(H,24,25)/b16-13+. The van der Waals surface area contributed by atoms with Gasteiger partial charge >= 0.3 is 0 Å². The van der Waals surface area contributed by atoms with Gasteiger partial charge in [0.1, 0.15) is 5.82 Å². The minimum Gasteiger partial charge on any atom is -0.520 e. The second kappa shape index (κ2) is 9.99. The van der Waals surface area contributed by atoms with Gasteiger partial charge in [-0.3, -0.25) is 9.59 Å². The maximum Gasteiger partial charge on any atom is 0.292 e. The van der Waals surface area contributed by atoms with Crippen LogP contribution in [0.2, 0.25) is 19.6 Å². The number of carbonyl (C=O) groups excluding carboxylic acids is 2. The molecule has 0 saturated carbocycles. The number of rotatable bonds is 8. The summed E-state index contributed by atoms with van der Waals surface area (Å²) in [5.74, 6) is -0.834. The Morgan fingerprint density at radius 3 is 2.39 bits per heavy atom. The van der Waals surface area contributed by atoms with Crippen LogP contribution >= 0.6 is 0 Å². The topological polar surface area (TPSA) is 55.4 Å². The molecule has 0 aromatic heterocycles. The Morgan fingerprint density at radius 1 is 1.07 bits per heavy atom. The smallest absolute Gasteiger partial charge is 0.292 e. The Kier molecular flexibility index (Phi) is 7.69. The Hall–Kier alpha value is -2.73. The number of hydrogen-bond acceptors (Lipinski definition) is 3. The van der Waals surface area contributed by atoms with Crippen molar-refractivity contribution in [2.45, 2.75) is 38.9 Å². The van der Waals surface area contributed by atoms with Crippen LogP contribution in [0.3, 0.4) is 0 Å². The molecule has 0 saturated heterocycles. The lowest BCUT2D eigenvalue weighted by molar-refractivity contribution is -0.135. The Balaban J connectivity index is 1.80. The molecule has 0 atom stereocenters. The average Bonchev–Trinajstić information content (AvgIpc) is 2.61. The van der Waals surface area contributed by atoms with E-state index < -0.39 is 8.32 Å². The van der Waals surface area contributed by atoms with Gasteiger partial charge in [0.15, 0.2) is 0 Å². The monoisotopic (exact) mass is 399 g/mol. The van der Waals surface area contributed by atoms with Crippen molar-refractivity contribution in [1.82, 2.24) is 0 Å². The molecule has 0 bridgehead atoms. The fourth-order valence-electron chi connectivity index (χ4n) is 2.54. The molecule has 148 valence electrons. The molecule has 6 heteroatoms. The molecule has 2 aromatic carbocycles. The SMILES string of the molecule is C[Si](C)(C)OC(=O)CCCc1ccc(NC(=O)/C=C/c2ccccc2F)cc1. The molecular formula is C22H26FNO3Si. The number of amides is 1. The maximum atomic E-state index is 13.5. The summed E-state index contributed by atoms with van der Waals surface area (Å²) in [6.45, 7) is 5.97. The fraction of sp³-hybridized carbons (Fsp3) is 0.273. The minimum atomic E-state index is -1.82. The number of benzene rings is 2. The second-order valence-electron chi connectivity index (χ2n) is 7.48. The minimum absolute atomic E-state index is 0.135. The van der Waals surface area contributed by atoms with Gasteiger partial charge in [0.25, 0.3) is 5.97 Å². The predicted octanol–water partition coefficient (Wildman–Crippen LogP) is 5.18. The van der Waals surface area contributed by atoms with E-state index in [4.69, 9.17) is 4.43 Å². The van der Waals surface area contributed by atoms with E-state index in [1.165, 1.54) is 18.2 Å². The van der Waals surface area contributed by atoms with E-state index in [1.54, 1.807) is 18.2 Å². The molecule has 0 radical (unpaired) electrons. The summed E-state index contributed by atoms with van der Waals surface area (Å²) >= 11 is 0. The van der Waals surface area contributed by atoms with E-state index >= 15 is 0 Å². The van der Waals surface area contributed by atoms with E-state index in [9.17, 15) is 14.0 Å². The highest BCUT2D eigenvalue weighted by atomic mass is 28.4. The molecular weight excluding hydrogens is 373 g/mol. The van der Waals surface area contributed by atoms with E-state index in [2.05, 4.69) is 5.32 Å². The lowest BCUT2D eigenvalue weighted by atomic mass is 10.1. The first-order valence-corrected chi connectivity index (χ1v) is 12.7. The van der Waals surface area contributed by atoms with Gasteiger partial charge in [0, 0.05) is 23.7 Å². The first kappa shape index (κ1) is 21.6. The third-order valence-electron chi connectivity index (χ3n) is 3.81. The number of nitrogens with one attached hydrogen (secondary N) is 1. The molecule has 0 aliphatic heterocycles. The van der Waals surface area contributed by atoms with Crippen molar-refractivity contribution in [3.63, 3.8) is 0 Å². The fourth-order valence-corrected chi connectivity index (χ4v) is 3.33. The van der Waals surface area contributed by atoms with Crippen LogP contribution in [0.4, 0.5) is 10.1 Å². The van der Waals surface area contributed by atoms with Gasteiger partial charge in [0.2, 0.25) is 14.2 Å². The number of halogens is 1. The molecule has 2 rings (SSSR count). The Morgan fingerprint density at radius 2 is 1.75 bits per heavy atom. The van der Waals surface area contributed by atoms with Crippen LogP contribution in [0.1, 0.15) is 24.0 Å². The van der Waals surface area contributed by atoms with Gasteiger partial charge in [-0.1, -0.05) is 30.3 Å². The second-order valence-corrected chi connectivity index (χ2v) is 11.9. The first-order chi connectivity index (χ1) is 13.2. The highest BCUT2D eigenvalue weighted by Crippen LogP contribution is 2.14. The summed E-state index contributed by atoms with van der Waals surface area (Å²) in [7, 11) is -1.82. The molecule has 28 heavy (non-hydrogen) atoms. The molecule has 2 aromatic rings. The predicted molar refractivity (Wildman–Crippen MR) is 113 cm³/mol. The summed E-state index contributed by atoms with van der Waals surface area (Å²) in [5.41, 5.74) is 2.10. The summed E-state index contributed by atoms with van der Waals surface area (Å²) in [4.78, 5) is 23.7. The summed E-state index contributed by atoms with van der Waals surface area (Å²) < 4.78 is 19.0. The van der Waals surface area contributed by atoms with Gasteiger partial charge < -0.3 is 9.74 Å². The van der Waals surface area contributed by atoms with Crippen LogP contribution in [-0.4, -0.2) is 20.2 Å². The van der Waals surface area contributed by atoms with Crippen LogP contribution in [0, 0.1) is 5.82 Å². The first-order valence-electron chi connectivity index (χ1n) is 9.27. The van der Waals surface area contributed by atoms with Crippen LogP contribution in [0.5, 0.6) is 0 Å². The highest BCUT2D eigenvalue weighted by Gasteiger charge is 2.19. The van der Waals surface area contributed by atoms with Crippen LogP contribution < -0.4 is 5.32 Å². The molecule has 0 aliphatic rings. The van der Waals surface area contributed by atoms with E-state index in [0.717, 1.165) is 18.4 Å². The third-order valence-corrected chi connectivity index (χ3v) is 4.65. The van der Waals surface area contributed by atoms with Gasteiger partial charge in [-0.05, 0) is 62.3 Å². The van der Waals surface area contributed by atoms with Crippen molar-refractivity contribution < 1.29 is 18.4 Å². The number of aryl methyl sites for hydroxylation is 1. The van der Waals surface area contributed by atoms with Gasteiger partial charge in [0.05, 0.1) is 0 Å².